The zero-order valence-corrected chi connectivity index (χ0v) is 11.8. The van der Waals surface area contributed by atoms with Gasteiger partial charge in [0.2, 0.25) is 0 Å². The molecule has 1 unspecified atom stereocenters. The van der Waals surface area contributed by atoms with Crippen LogP contribution in [0.1, 0.15) is 13.8 Å². The third-order valence-electron chi connectivity index (χ3n) is 2.54. The van der Waals surface area contributed by atoms with Crippen LogP contribution in [0, 0.1) is 0 Å². The molecule has 1 heterocycles. The molecule has 0 radical (unpaired) electrons. The van der Waals surface area contributed by atoms with Gasteiger partial charge >= 0.3 is 0 Å². The Morgan fingerprint density at radius 3 is 2.63 bits per heavy atom. The molecule has 0 aromatic heterocycles. The maximum Gasteiger partial charge on any atom is 0.126 e. The Morgan fingerprint density at radius 1 is 1.37 bits per heavy atom. The van der Waals surface area contributed by atoms with Gasteiger partial charge in [-0.1, -0.05) is 63.4 Å². The van der Waals surface area contributed by atoms with Crippen molar-refractivity contribution in [3.05, 3.63) is 60.0 Å². The van der Waals surface area contributed by atoms with Gasteiger partial charge in [0.05, 0.1) is 6.61 Å². The molecule has 0 bridgehead atoms. The first-order valence-electron chi connectivity index (χ1n) is 6.64. The van der Waals surface area contributed by atoms with Crippen LogP contribution in [0.5, 0.6) is 0 Å². The van der Waals surface area contributed by atoms with E-state index in [0.29, 0.717) is 6.61 Å². The topological polar surface area (TPSA) is 21.8 Å². The second-order valence-electron chi connectivity index (χ2n) is 3.82. The van der Waals surface area contributed by atoms with E-state index >= 15 is 0 Å². The largest absolute Gasteiger partial charge is 0.490 e. The van der Waals surface area contributed by atoms with Gasteiger partial charge in [-0.2, -0.15) is 0 Å². The van der Waals surface area contributed by atoms with Crippen molar-refractivity contribution < 1.29 is 9.47 Å². The second-order valence-corrected chi connectivity index (χ2v) is 3.82. The minimum Gasteiger partial charge on any atom is -0.490 e. The van der Waals surface area contributed by atoms with Gasteiger partial charge in [0.1, 0.15) is 18.5 Å². The molecule has 0 spiro atoms. The lowest BCUT2D eigenvalue weighted by Crippen LogP contribution is -2.27. The Balaban J connectivity index is 0.000000861. The standard InChI is InChI=1S/C15H16O2.C2H6/c1-3-7-12-8-5-6-9-14(12)15(4-2)17-11-13-10-16-13;1-2/h3-9,13H,1-2,10-11H2;1-2H3/b12-7-,15-14+;. The Hall–Kier alpha value is -1.80. The number of epoxide rings is 1. The number of hydrogen-bond donors (Lipinski definition) is 0. The van der Waals surface area contributed by atoms with E-state index in [1.807, 2.05) is 44.2 Å². The number of hydrogen-bond acceptors (Lipinski definition) is 2. The molecule has 2 heteroatoms. The van der Waals surface area contributed by atoms with E-state index in [9.17, 15) is 0 Å². The summed E-state index contributed by atoms with van der Waals surface area (Å²) in [5, 5.41) is 2.11. The molecule has 1 aromatic carbocycles. The van der Waals surface area contributed by atoms with Gasteiger partial charge in [-0.05, 0) is 11.3 Å². The summed E-state index contributed by atoms with van der Waals surface area (Å²) in [5.41, 5.74) is 0. The molecule has 1 atom stereocenters. The molecule has 1 saturated heterocycles. The molecule has 2 nitrogen and oxygen atoms in total. The minimum absolute atomic E-state index is 0.250. The van der Waals surface area contributed by atoms with E-state index in [0.717, 1.165) is 22.8 Å². The molecular weight excluding hydrogens is 236 g/mol. The van der Waals surface area contributed by atoms with Crippen molar-refractivity contribution in [2.45, 2.75) is 20.0 Å². The lowest BCUT2D eigenvalue weighted by Gasteiger charge is -2.05. The van der Waals surface area contributed by atoms with Crippen molar-refractivity contribution in [1.29, 1.82) is 0 Å². The first-order chi connectivity index (χ1) is 9.35. The van der Waals surface area contributed by atoms with Crippen LogP contribution in [0.3, 0.4) is 0 Å². The van der Waals surface area contributed by atoms with Crippen molar-refractivity contribution in [3.8, 4) is 0 Å². The van der Waals surface area contributed by atoms with Gasteiger partial charge < -0.3 is 9.47 Å². The summed E-state index contributed by atoms with van der Waals surface area (Å²) < 4.78 is 10.8. The molecule has 2 rings (SSSR count). The highest BCUT2D eigenvalue weighted by atomic mass is 16.6. The van der Waals surface area contributed by atoms with E-state index in [1.165, 1.54) is 0 Å². The van der Waals surface area contributed by atoms with Crippen LogP contribution in [0.15, 0.2) is 49.6 Å². The van der Waals surface area contributed by atoms with Crippen molar-refractivity contribution in [2.75, 3.05) is 13.2 Å². The molecular formula is C17H22O2. The summed E-state index contributed by atoms with van der Waals surface area (Å²) in [5.74, 6) is 0.786. The van der Waals surface area contributed by atoms with Crippen LogP contribution in [0.4, 0.5) is 0 Å². The molecule has 1 aromatic rings. The average Bonchev–Trinajstić information content (AvgIpc) is 3.28. The number of ether oxygens (including phenoxy) is 2. The molecule has 0 amide bonds. The van der Waals surface area contributed by atoms with Gasteiger partial charge in [0.25, 0.3) is 0 Å². The highest BCUT2D eigenvalue weighted by molar-refractivity contribution is 5.50. The van der Waals surface area contributed by atoms with Crippen LogP contribution in [-0.4, -0.2) is 19.3 Å². The van der Waals surface area contributed by atoms with Crippen molar-refractivity contribution in [1.82, 2.24) is 0 Å². The highest BCUT2D eigenvalue weighted by Gasteiger charge is 2.23. The van der Waals surface area contributed by atoms with Crippen molar-refractivity contribution in [2.24, 2.45) is 0 Å². The zero-order valence-electron chi connectivity index (χ0n) is 11.8. The van der Waals surface area contributed by atoms with Crippen LogP contribution < -0.4 is 10.4 Å². The van der Waals surface area contributed by atoms with E-state index < -0.39 is 0 Å². The molecule has 0 saturated carbocycles. The fourth-order valence-corrected chi connectivity index (χ4v) is 1.59. The number of benzene rings is 1. The quantitative estimate of drug-likeness (QED) is 0.756. The smallest absolute Gasteiger partial charge is 0.126 e. The second kappa shape index (κ2) is 8.33. The Kier molecular flexibility index (Phi) is 6.69. The molecule has 19 heavy (non-hydrogen) atoms. The monoisotopic (exact) mass is 258 g/mol. The summed E-state index contributed by atoms with van der Waals surface area (Å²) in [4.78, 5) is 0. The lowest BCUT2D eigenvalue weighted by molar-refractivity contribution is 0.233. The van der Waals surface area contributed by atoms with Gasteiger partial charge in [0.15, 0.2) is 0 Å². The zero-order chi connectivity index (χ0) is 14.1. The Bertz CT molecular complexity index is 524. The van der Waals surface area contributed by atoms with Crippen LogP contribution in [-0.2, 0) is 9.47 Å². The molecule has 1 fully saturated rings. The van der Waals surface area contributed by atoms with E-state index in [-0.39, 0.29) is 6.10 Å². The SMILES string of the molecule is C=C/C=c1/cccc/c1=C(/C=C)OCC1CO1.CC. The molecule has 1 aliphatic heterocycles. The minimum atomic E-state index is 0.250. The summed E-state index contributed by atoms with van der Waals surface area (Å²) in [6, 6.07) is 8.01. The summed E-state index contributed by atoms with van der Waals surface area (Å²) in [7, 11) is 0. The van der Waals surface area contributed by atoms with Crippen molar-refractivity contribution >= 4 is 11.8 Å². The van der Waals surface area contributed by atoms with E-state index in [2.05, 4.69) is 13.2 Å². The molecule has 0 N–H and O–H groups in total. The molecule has 0 aliphatic carbocycles. The van der Waals surface area contributed by atoms with Gasteiger partial charge in [-0.3, -0.25) is 0 Å². The fraction of sp³-hybridized carbons (Fsp3) is 0.294. The third kappa shape index (κ3) is 4.76. The van der Waals surface area contributed by atoms with E-state index in [1.54, 1.807) is 12.2 Å². The molecule has 1 aliphatic rings. The predicted octanol–water partition coefficient (Wildman–Crippen LogP) is 2.39. The first-order valence-corrected chi connectivity index (χ1v) is 6.64. The van der Waals surface area contributed by atoms with Crippen molar-refractivity contribution in [3.63, 3.8) is 0 Å². The van der Waals surface area contributed by atoms with Crippen LogP contribution in [0.25, 0.3) is 11.8 Å². The number of rotatable bonds is 5. The maximum absolute atomic E-state index is 5.71. The molecule has 102 valence electrons. The summed E-state index contributed by atoms with van der Waals surface area (Å²) in [6.07, 6.45) is 5.71. The average molecular weight is 258 g/mol. The Labute approximate surface area is 115 Å². The van der Waals surface area contributed by atoms with Crippen LogP contribution >= 0.6 is 0 Å². The van der Waals surface area contributed by atoms with Crippen LogP contribution in [0.2, 0.25) is 0 Å². The summed E-state index contributed by atoms with van der Waals surface area (Å²) >= 11 is 0. The van der Waals surface area contributed by atoms with E-state index in [4.69, 9.17) is 9.47 Å². The van der Waals surface area contributed by atoms with Gasteiger partial charge in [-0.15, -0.1) is 0 Å². The lowest BCUT2D eigenvalue weighted by atomic mass is 10.2. The normalized spacial score (nSPS) is 18.8. The maximum atomic E-state index is 5.71. The Morgan fingerprint density at radius 2 is 2.05 bits per heavy atom. The van der Waals surface area contributed by atoms with Gasteiger partial charge in [0, 0.05) is 5.22 Å². The predicted molar refractivity (Wildman–Crippen MR) is 81.0 cm³/mol. The first kappa shape index (κ1) is 15.3. The fourth-order valence-electron chi connectivity index (χ4n) is 1.59. The highest BCUT2D eigenvalue weighted by Crippen LogP contribution is 2.11. The third-order valence-corrected chi connectivity index (χ3v) is 2.54. The summed E-state index contributed by atoms with van der Waals surface area (Å²) in [6.45, 7) is 12.9. The number of allylic oxidation sites excluding steroid dienone is 1. The van der Waals surface area contributed by atoms with Gasteiger partial charge in [-0.25, -0.2) is 0 Å².